The number of carbonyl (C=O) groups is 2. The van der Waals surface area contributed by atoms with Gasteiger partial charge in [0.25, 0.3) is 5.91 Å². The Morgan fingerprint density at radius 2 is 1.80 bits per heavy atom. The van der Waals surface area contributed by atoms with Crippen LogP contribution in [0.5, 0.6) is 0 Å². The molecule has 1 fully saturated rings. The molecule has 1 saturated heterocycles. The van der Waals surface area contributed by atoms with Crippen molar-refractivity contribution in [2.24, 2.45) is 0 Å². The Morgan fingerprint density at radius 3 is 2.40 bits per heavy atom. The summed E-state index contributed by atoms with van der Waals surface area (Å²) < 4.78 is 40.3. The van der Waals surface area contributed by atoms with Crippen LogP contribution in [0.1, 0.15) is 29.6 Å². The van der Waals surface area contributed by atoms with Crippen molar-refractivity contribution in [1.29, 1.82) is 0 Å². The lowest BCUT2D eigenvalue weighted by Gasteiger charge is -2.32. The van der Waals surface area contributed by atoms with Crippen LogP contribution >= 0.6 is 0 Å². The minimum absolute atomic E-state index is 0.0155. The first kappa shape index (κ1) is 19.2. The molecule has 2 rings (SSSR count). The molecule has 0 aromatic heterocycles. The van der Waals surface area contributed by atoms with E-state index in [1.165, 1.54) is 0 Å². The van der Waals surface area contributed by atoms with Crippen LogP contribution in [0.2, 0.25) is 0 Å². The molecule has 8 heteroatoms. The zero-order chi connectivity index (χ0) is 18.3. The zero-order valence-corrected chi connectivity index (χ0v) is 13.7. The van der Waals surface area contributed by atoms with E-state index in [1.54, 1.807) is 29.2 Å². The van der Waals surface area contributed by atoms with Gasteiger partial charge in [0.2, 0.25) is 5.91 Å². The molecule has 2 amide bonds. The topological polar surface area (TPSA) is 58.6 Å². The number of amides is 2. The van der Waals surface area contributed by atoms with Crippen molar-refractivity contribution in [3.05, 3.63) is 35.9 Å². The molecule has 1 aromatic rings. The highest BCUT2D eigenvalue weighted by Gasteiger charge is 2.28. The lowest BCUT2D eigenvalue weighted by atomic mass is 10.0. The molecule has 0 saturated carbocycles. The second kappa shape index (κ2) is 8.84. The Kier molecular flexibility index (Phi) is 6.81. The first-order valence-corrected chi connectivity index (χ1v) is 8.13. The number of halogens is 3. The molecule has 0 atom stereocenters. The lowest BCUT2D eigenvalue weighted by Crippen LogP contribution is -2.46. The molecule has 25 heavy (non-hydrogen) atoms. The number of alkyl halides is 3. The van der Waals surface area contributed by atoms with Crippen LogP contribution in [-0.4, -0.2) is 55.2 Å². The van der Waals surface area contributed by atoms with Gasteiger partial charge < -0.3 is 15.0 Å². The molecule has 0 unspecified atom stereocenters. The van der Waals surface area contributed by atoms with Gasteiger partial charge in [0.15, 0.2) is 0 Å². The Labute approximate surface area is 144 Å². The molecule has 1 aliphatic heterocycles. The number of nitrogens with one attached hydrogen (secondary N) is 1. The van der Waals surface area contributed by atoms with E-state index in [9.17, 15) is 22.8 Å². The van der Waals surface area contributed by atoms with Crippen LogP contribution in [0.3, 0.4) is 0 Å². The molecular weight excluding hydrogens is 337 g/mol. The fourth-order valence-corrected chi connectivity index (χ4v) is 2.64. The van der Waals surface area contributed by atoms with Crippen molar-refractivity contribution in [2.75, 3.05) is 26.3 Å². The van der Waals surface area contributed by atoms with Gasteiger partial charge in [-0.3, -0.25) is 9.59 Å². The zero-order valence-electron chi connectivity index (χ0n) is 13.7. The number of piperidine rings is 1. The minimum Gasteiger partial charge on any atom is -0.372 e. The molecule has 1 heterocycles. The molecule has 0 bridgehead atoms. The monoisotopic (exact) mass is 358 g/mol. The maximum Gasteiger partial charge on any atom is 0.411 e. The Morgan fingerprint density at radius 1 is 1.16 bits per heavy atom. The Bertz CT molecular complexity index is 570. The molecule has 1 N–H and O–H groups in total. The summed E-state index contributed by atoms with van der Waals surface area (Å²) in [7, 11) is 0. The molecular formula is C17H21F3N2O3. The van der Waals surface area contributed by atoms with E-state index in [-0.39, 0.29) is 30.9 Å². The van der Waals surface area contributed by atoms with E-state index >= 15 is 0 Å². The van der Waals surface area contributed by atoms with Crippen molar-refractivity contribution >= 4 is 11.8 Å². The summed E-state index contributed by atoms with van der Waals surface area (Å²) in [4.78, 5) is 25.6. The summed E-state index contributed by atoms with van der Waals surface area (Å²) in [5.74, 6) is -0.374. The SMILES string of the molecule is O=C(NC1CCN(C(=O)CCOCC(F)(F)F)CC1)c1ccccc1. The smallest absolute Gasteiger partial charge is 0.372 e. The average molecular weight is 358 g/mol. The maximum atomic E-state index is 12.1. The van der Waals surface area contributed by atoms with Gasteiger partial charge in [0, 0.05) is 24.7 Å². The third-order valence-electron chi connectivity index (χ3n) is 3.94. The fourth-order valence-electron chi connectivity index (χ4n) is 2.64. The number of likely N-dealkylation sites (tertiary alicyclic amines) is 1. The van der Waals surface area contributed by atoms with Gasteiger partial charge in [-0.1, -0.05) is 18.2 Å². The van der Waals surface area contributed by atoms with E-state index in [0.717, 1.165) is 0 Å². The first-order chi connectivity index (χ1) is 11.8. The van der Waals surface area contributed by atoms with E-state index in [2.05, 4.69) is 10.1 Å². The summed E-state index contributed by atoms with van der Waals surface area (Å²) in [6.45, 7) is -0.646. The summed E-state index contributed by atoms with van der Waals surface area (Å²) in [6, 6.07) is 8.86. The van der Waals surface area contributed by atoms with Crippen LogP contribution in [0, 0.1) is 0 Å². The number of benzene rings is 1. The van der Waals surface area contributed by atoms with Crippen molar-refractivity contribution in [3.63, 3.8) is 0 Å². The molecule has 0 spiro atoms. The van der Waals surface area contributed by atoms with Gasteiger partial charge in [-0.25, -0.2) is 0 Å². The summed E-state index contributed by atoms with van der Waals surface area (Å²) in [5, 5.41) is 2.94. The van der Waals surface area contributed by atoms with Crippen molar-refractivity contribution in [2.45, 2.75) is 31.5 Å². The predicted molar refractivity (Wildman–Crippen MR) is 85.0 cm³/mol. The first-order valence-electron chi connectivity index (χ1n) is 8.13. The van der Waals surface area contributed by atoms with Crippen molar-refractivity contribution in [3.8, 4) is 0 Å². The van der Waals surface area contributed by atoms with Gasteiger partial charge in [0.1, 0.15) is 6.61 Å². The molecule has 138 valence electrons. The van der Waals surface area contributed by atoms with Crippen LogP contribution in [-0.2, 0) is 9.53 Å². The van der Waals surface area contributed by atoms with Crippen molar-refractivity contribution in [1.82, 2.24) is 10.2 Å². The molecule has 0 radical (unpaired) electrons. The van der Waals surface area contributed by atoms with Crippen LogP contribution in [0.4, 0.5) is 13.2 Å². The van der Waals surface area contributed by atoms with E-state index < -0.39 is 12.8 Å². The van der Waals surface area contributed by atoms with Crippen LogP contribution in [0.25, 0.3) is 0 Å². The largest absolute Gasteiger partial charge is 0.411 e. The number of hydrogen-bond acceptors (Lipinski definition) is 3. The lowest BCUT2D eigenvalue weighted by molar-refractivity contribution is -0.175. The van der Waals surface area contributed by atoms with E-state index in [4.69, 9.17) is 0 Å². The second-order valence-electron chi connectivity index (χ2n) is 5.91. The van der Waals surface area contributed by atoms with Gasteiger partial charge in [-0.15, -0.1) is 0 Å². The van der Waals surface area contributed by atoms with Gasteiger partial charge >= 0.3 is 6.18 Å². The van der Waals surface area contributed by atoms with Gasteiger partial charge in [-0.2, -0.15) is 13.2 Å². The quantitative estimate of drug-likeness (QED) is 0.795. The fraction of sp³-hybridized carbons (Fsp3) is 0.529. The molecule has 0 aliphatic carbocycles. The predicted octanol–water partition coefficient (Wildman–Crippen LogP) is 2.38. The molecule has 1 aromatic carbocycles. The standard InChI is InChI=1S/C17H21F3N2O3/c18-17(19,20)12-25-11-8-15(23)22-9-6-14(7-10-22)21-16(24)13-4-2-1-3-5-13/h1-5,14H,6-12H2,(H,21,24). The number of rotatable bonds is 6. The van der Waals surface area contributed by atoms with Crippen LogP contribution < -0.4 is 5.32 Å². The number of hydrogen-bond donors (Lipinski definition) is 1. The number of ether oxygens (including phenoxy) is 1. The van der Waals surface area contributed by atoms with E-state index in [1.807, 2.05) is 6.07 Å². The number of nitrogens with zero attached hydrogens (tertiary/aromatic N) is 1. The van der Waals surface area contributed by atoms with Crippen LogP contribution in [0.15, 0.2) is 30.3 Å². The highest BCUT2D eigenvalue weighted by atomic mass is 19.4. The Hall–Kier alpha value is -2.09. The minimum atomic E-state index is -4.38. The van der Waals surface area contributed by atoms with Crippen molar-refractivity contribution < 1.29 is 27.5 Å². The normalized spacial score (nSPS) is 15.9. The number of carbonyl (C=O) groups excluding carboxylic acids is 2. The van der Waals surface area contributed by atoms with Gasteiger partial charge in [-0.05, 0) is 25.0 Å². The summed E-state index contributed by atoms with van der Waals surface area (Å²) >= 11 is 0. The highest BCUT2D eigenvalue weighted by Crippen LogP contribution is 2.15. The van der Waals surface area contributed by atoms with E-state index in [0.29, 0.717) is 31.5 Å². The molecule has 1 aliphatic rings. The highest BCUT2D eigenvalue weighted by molar-refractivity contribution is 5.94. The Balaban J connectivity index is 1.67. The summed E-state index contributed by atoms with van der Waals surface area (Å²) in [5.41, 5.74) is 0.586. The third-order valence-corrected chi connectivity index (χ3v) is 3.94. The third kappa shape index (κ3) is 6.74. The van der Waals surface area contributed by atoms with Gasteiger partial charge in [0.05, 0.1) is 13.0 Å². The average Bonchev–Trinajstić information content (AvgIpc) is 2.59. The summed E-state index contributed by atoms with van der Waals surface area (Å²) in [6.07, 6.45) is -3.21. The molecule has 5 nitrogen and oxygen atoms in total. The second-order valence-corrected chi connectivity index (χ2v) is 5.91. The maximum absolute atomic E-state index is 12.1.